The van der Waals surface area contributed by atoms with E-state index in [2.05, 4.69) is 9.47 Å². The van der Waals surface area contributed by atoms with Gasteiger partial charge in [0.2, 0.25) is 0 Å². The van der Waals surface area contributed by atoms with E-state index in [0.717, 1.165) is 0 Å². The maximum atomic E-state index is 8.45. The van der Waals surface area contributed by atoms with Crippen molar-refractivity contribution in [2.24, 2.45) is 0 Å². The summed E-state index contributed by atoms with van der Waals surface area (Å²) in [7, 11) is 9.72. The average Bonchev–Trinajstić information content (AvgIpc) is 2.67. The summed E-state index contributed by atoms with van der Waals surface area (Å²) in [5, 5.41) is 8.45. The lowest BCUT2D eigenvalue weighted by atomic mass is 10.4. The molecule has 0 saturated heterocycles. The quantitative estimate of drug-likeness (QED) is 0.373. The summed E-state index contributed by atoms with van der Waals surface area (Å²) in [5.74, 6) is 0. The van der Waals surface area contributed by atoms with Crippen LogP contribution in [-0.4, -0.2) is 120 Å². The van der Waals surface area contributed by atoms with E-state index in [1.807, 2.05) is 0 Å². The van der Waals surface area contributed by atoms with Gasteiger partial charge in [0.1, 0.15) is 6.10 Å². The van der Waals surface area contributed by atoms with Gasteiger partial charge < -0.3 is 43.0 Å². The highest BCUT2D eigenvalue weighted by Gasteiger charge is 2.01. The molecule has 26 heavy (non-hydrogen) atoms. The van der Waals surface area contributed by atoms with Crippen LogP contribution in [0.4, 0.5) is 0 Å². The van der Waals surface area contributed by atoms with E-state index in [-0.39, 0.29) is 12.7 Å². The average molecular weight is 388 g/mol. The molecule has 0 bridgehead atoms. The molecule has 0 aromatic rings. The van der Waals surface area contributed by atoms with Crippen molar-refractivity contribution in [3.05, 3.63) is 0 Å². The number of hydrogen-bond acceptors (Lipinski definition) is 9. The standard InChI is InChI=1S/C8H18O4.C5H12O3.C4H10O2/c1-9-3-5-11-7-8-12-6-4-10-2;1-7-4-5(3-6)8-2;1-5-3-4-6-2/h3-8H2,1-2H3;5-6H,3-4H2,1-2H3;3-4H2,1-2H3. The third kappa shape index (κ3) is 34.9. The van der Waals surface area contributed by atoms with Crippen molar-refractivity contribution in [3.63, 3.8) is 0 Å². The van der Waals surface area contributed by atoms with Crippen molar-refractivity contribution < 1.29 is 43.0 Å². The van der Waals surface area contributed by atoms with E-state index in [0.29, 0.717) is 59.5 Å². The predicted octanol–water partition coefficient (Wildman–Crippen LogP) is 0.232. The van der Waals surface area contributed by atoms with Crippen molar-refractivity contribution in [1.82, 2.24) is 0 Å². The van der Waals surface area contributed by atoms with Crippen molar-refractivity contribution in [3.8, 4) is 0 Å². The Bertz CT molecular complexity index is 191. The van der Waals surface area contributed by atoms with Crippen molar-refractivity contribution in [1.29, 1.82) is 0 Å². The van der Waals surface area contributed by atoms with Gasteiger partial charge in [-0.2, -0.15) is 0 Å². The molecule has 0 saturated carbocycles. The van der Waals surface area contributed by atoms with Gasteiger partial charge in [-0.25, -0.2) is 0 Å². The van der Waals surface area contributed by atoms with Crippen molar-refractivity contribution in [2.45, 2.75) is 6.10 Å². The lowest BCUT2D eigenvalue weighted by Crippen LogP contribution is -2.21. The fraction of sp³-hybridized carbons (Fsp3) is 1.00. The Balaban J connectivity index is -0.000000328. The summed E-state index contributed by atoms with van der Waals surface area (Å²) in [6, 6.07) is 0. The zero-order valence-corrected chi connectivity index (χ0v) is 17.4. The lowest BCUT2D eigenvalue weighted by molar-refractivity contribution is -0.00534. The molecule has 0 fully saturated rings. The normalized spacial score (nSPS) is 11.2. The first kappa shape index (κ1) is 30.4. The molecule has 1 N–H and O–H groups in total. The molecule has 0 aliphatic heterocycles. The first-order valence-electron chi connectivity index (χ1n) is 8.42. The van der Waals surface area contributed by atoms with Crippen LogP contribution in [-0.2, 0) is 37.9 Å². The number of aliphatic hydroxyl groups is 1. The monoisotopic (exact) mass is 388 g/mol. The topological polar surface area (TPSA) is 94.1 Å². The molecule has 9 nitrogen and oxygen atoms in total. The molecule has 1 atom stereocenters. The molecular weight excluding hydrogens is 348 g/mol. The Morgan fingerprint density at radius 3 is 1.12 bits per heavy atom. The fourth-order valence-corrected chi connectivity index (χ4v) is 1.15. The van der Waals surface area contributed by atoms with Crippen molar-refractivity contribution in [2.75, 3.05) is 109 Å². The van der Waals surface area contributed by atoms with Gasteiger partial charge in [0.15, 0.2) is 0 Å². The first-order valence-corrected chi connectivity index (χ1v) is 8.42. The van der Waals surface area contributed by atoms with E-state index in [9.17, 15) is 0 Å². The summed E-state index contributed by atoms with van der Waals surface area (Å²) in [6.07, 6.45) is -0.167. The maximum absolute atomic E-state index is 8.45. The molecule has 0 radical (unpaired) electrons. The van der Waals surface area contributed by atoms with Crippen LogP contribution in [0.25, 0.3) is 0 Å². The number of hydrogen-bond donors (Lipinski definition) is 1. The maximum Gasteiger partial charge on any atom is 0.103 e. The van der Waals surface area contributed by atoms with E-state index < -0.39 is 0 Å². The van der Waals surface area contributed by atoms with E-state index in [1.165, 1.54) is 0 Å². The first-order chi connectivity index (χ1) is 12.7. The minimum atomic E-state index is -0.167. The Labute approximate surface area is 158 Å². The molecule has 1 unspecified atom stereocenters. The van der Waals surface area contributed by atoms with Crippen LogP contribution < -0.4 is 0 Å². The van der Waals surface area contributed by atoms with Gasteiger partial charge in [0.05, 0.1) is 66.1 Å². The summed E-state index contributed by atoms with van der Waals surface area (Å²) in [5.41, 5.74) is 0. The van der Waals surface area contributed by atoms with Gasteiger partial charge in [-0.3, -0.25) is 0 Å². The van der Waals surface area contributed by atoms with Gasteiger partial charge in [-0.1, -0.05) is 0 Å². The van der Waals surface area contributed by atoms with Gasteiger partial charge >= 0.3 is 0 Å². The van der Waals surface area contributed by atoms with E-state index >= 15 is 0 Å². The summed E-state index contributed by atoms with van der Waals surface area (Å²) >= 11 is 0. The second-order valence-corrected chi connectivity index (χ2v) is 4.69. The molecule has 0 aromatic heterocycles. The van der Waals surface area contributed by atoms with Gasteiger partial charge in [0.25, 0.3) is 0 Å². The van der Waals surface area contributed by atoms with E-state index in [4.69, 9.17) is 33.5 Å². The van der Waals surface area contributed by atoms with Crippen LogP contribution in [0.15, 0.2) is 0 Å². The highest BCUT2D eigenvalue weighted by Crippen LogP contribution is 1.86. The molecular formula is C17H40O9. The van der Waals surface area contributed by atoms with Crippen LogP contribution in [0.5, 0.6) is 0 Å². The highest BCUT2D eigenvalue weighted by molar-refractivity contribution is 4.49. The SMILES string of the molecule is COCC(CO)OC.COCCOC.COCCOCCOCCOC. The van der Waals surface area contributed by atoms with Crippen molar-refractivity contribution >= 4 is 0 Å². The number of ether oxygens (including phenoxy) is 8. The Morgan fingerprint density at radius 2 is 0.885 bits per heavy atom. The molecule has 0 aliphatic carbocycles. The van der Waals surface area contributed by atoms with Crippen LogP contribution in [0, 0.1) is 0 Å². The number of methoxy groups -OCH3 is 6. The summed E-state index contributed by atoms with van der Waals surface area (Å²) in [6.45, 7) is 5.62. The second kappa shape index (κ2) is 32.3. The zero-order chi connectivity index (χ0) is 20.3. The predicted molar refractivity (Wildman–Crippen MR) is 98.9 cm³/mol. The molecule has 0 aromatic carbocycles. The molecule has 0 spiro atoms. The van der Waals surface area contributed by atoms with Crippen LogP contribution in [0.1, 0.15) is 0 Å². The third-order valence-corrected chi connectivity index (χ3v) is 2.62. The second-order valence-electron chi connectivity index (χ2n) is 4.69. The highest BCUT2D eigenvalue weighted by atomic mass is 16.6. The van der Waals surface area contributed by atoms with Gasteiger partial charge in [0, 0.05) is 42.7 Å². The number of aliphatic hydroxyl groups excluding tert-OH is 1. The zero-order valence-electron chi connectivity index (χ0n) is 17.4. The van der Waals surface area contributed by atoms with Crippen LogP contribution in [0.3, 0.4) is 0 Å². The molecule has 162 valence electrons. The minimum absolute atomic E-state index is 0.0182. The third-order valence-electron chi connectivity index (χ3n) is 2.62. The molecule has 0 aliphatic rings. The molecule has 0 heterocycles. The molecule has 0 amide bonds. The van der Waals surface area contributed by atoms with Gasteiger partial charge in [-0.05, 0) is 0 Å². The van der Waals surface area contributed by atoms with Crippen LogP contribution in [0.2, 0.25) is 0 Å². The van der Waals surface area contributed by atoms with Crippen LogP contribution >= 0.6 is 0 Å². The lowest BCUT2D eigenvalue weighted by Gasteiger charge is -2.08. The Hall–Kier alpha value is -0.360. The summed E-state index contributed by atoms with van der Waals surface area (Å²) < 4.78 is 38.7. The smallest absolute Gasteiger partial charge is 0.103 e. The minimum Gasteiger partial charge on any atom is -0.394 e. The summed E-state index contributed by atoms with van der Waals surface area (Å²) in [4.78, 5) is 0. The Morgan fingerprint density at radius 1 is 0.538 bits per heavy atom. The van der Waals surface area contributed by atoms with Gasteiger partial charge in [-0.15, -0.1) is 0 Å². The Kier molecular flexibility index (Phi) is 37.8. The largest absolute Gasteiger partial charge is 0.394 e. The fourth-order valence-electron chi connectivity index (χ4n) is 1.15. The molecule has 9 heteroatoms. The molecule has 0 rings (SSSR count). The number of rotatable bonds is 16. The van der Waals surface area contributed by atoms with E-state index in [1.54, 1.807) is 42.7 Å².